The van der Waals surface area contributed by atoms with Crippen LogP contribution < -0.4 is 25.7 Å². The van der Waals surface area contributed by atoms with Crippen LogP contribution in [0.1, 0.15) is 36.3 Å². The SMILES string of the molecule is COc1cc(COc2ccccc2C(C=O)CC(N)C(Cl)N2CCC(C(N)=O)CC2)cc(OC)c1. The highest BCUT2D eigenvalue weighted by atomic mass is 35.5. The van der Waals surface area contributed by atoms with Crippen molar-refractivity contribution in [1.82, 2.24) is 4.90 Å². The molecular formula is C26H34ClN3O5. The molecule has 0 aromatic heterocycles. The minimum atomic E-state index is -0.481. The van der Waals surface area contributed by atoms with Crippen LogP contribution in [0.4, 0.5) is 0 Å². The number of nitrogens with zero attached hydrogens (tertiary/aromatic N) is 1. The molecule has 8 nitrogen and oxygen atoms in total. The largest absolute Gasteiger partial charge is 0.497 e. The number of piperidine rings is 1. The van der Waals surface area contributed by atoms with Crippen LogP contribution in [0.5, 0.6) is 17.2 Å². The summed E-state index contributed by atoms with van der Waals surface area (Å²) in [6.45, 7) is 1.56. The Kier molecular flexibility index (Phi) is 9.77. The highest BCUT2D eigenvalue weighted by Crippen LogP contribution is 2.32. The molecule has 1 aliphatic heterocycles. The van der Waals surface area contributed by atoms with Crippen LogP contribution in [0.25, 0.3) is 0 Å². The molecule has 0 saturated carbocycles. The highest BCUT2D eigenvalue weighted by Gasteiger charge is 2.31. The summed E-state index contributed by atoms with van der Waals surface area (Å²) in [6.07, 6.45) is 2.57. The van der Waals surface area contributed by atoms with Gasteiger partial charge >= 0.3 is 0 Å². The number of primary amides is 1. The van der Waals surface area contributed by atoms with Crippen molar-refractivity contribution in [3.05, 3.63) is 53.6 Å². The van der Waals surface area contributed by atoms with E-state index in [0.29, 0.717) is 49.6 Å². The van der Waals surface area contributed by atoms with Crippen LogP contribution in [0.3, 0.4) is 0 Å². The summed E-state index contributed by atoms with van der Waals surface area (Å²) in [4.78, 5) is 25.6. The topological polar surface area (TPSA) is 117 Å². The molecule has 2 aromatic rings. The van der Waals surface area contributed by atoms with Crippen molar-refractivity contribution in [2.24, 2.45) is 17.4 Å². The monoisotopic (exact) mass is 503 g/mol. The lowest BCUT2D eigenvalue weighted by atomic mass is 9.91. The summed E-state index contributed by atoms with van der Waals surface area (Å²) < 4.78 is 16.8. The number of nitrogens with two attached hydrogens (primary N) is 2. The number of hydrogen-bond donors (Lipinski definition) is 2. The fourth-order valence-electron chi connectivity index (χ4n) is 4.39. The zero-order valence-electron chi connectivity index (χ0n) is 20.2. The van der Waals surface area contributed by atoms with Gasteiger partial charge in [-0.15, -0.1) is 11.6 Å². The third-order valence-electron chi connectivity index (χ3n) is 6.45. The first-order valence-corrected chi connectivity index (χ1v) is 12.1. The molecule has 1 heterocycles. The molecule has 0 radical (unpaired) electrons. The highest BCUT2D eigenvalue weighted by molar-refractivity contribution is 6.20. The summed E-state index contributed by atoms with van der Waals surface area (Å²) >= 11 is 6.68. The lowest BCUT2D eigenvalue weighted by Crippen LogP contribution is -2.49. The van der Waals surface area contributed by atoms with E-state index in [2.05, 4.69) is 0 Å². The van der Waals surface area contributed by atoms with Gasteiger partial charge in [0.25, 0.3) is 0 Å². The summed E-state index contributed by atoms with van der Waals surface area (Å²) in [7, 11) is 3.19. The van der Waals surface area contributed by atoms with E-state index in [4.69, 9.17) is 37.3 Å². The number of carbonyl (C=O) groups excluding carboxylic acids is 2. The van der Waals surface area contributed by atoms with Gasteiger partial charge in [-0.2, -0.15) is 0 Å². The van der Waals surface area contributed by atoms with E-state index in [1.165, 1.54) is 0 Å². The maximum Gasteiger partial charge on any atom is 0.220 e. The molecule has 0 aliphatic carbocycles. The van der Waals surface area contributed by atoms with Crippen molar-refractivity contribution in [2.45, 2.75) is 43.3 Å². The molecule has 190 valence electrons. The van der Waals surface area contributed by atoms with Gasteiger partial charge in [0, 0.05) is 42.6 Å². The van der Waals surface area contributed by atoms with E-state index in [1.807, 2.05) is 41.3 Å². The van der Waals surface area contributed by atoms with E-state index in [-0.39, 0.29) is 18.4 Å². The van der Waals surface area contributed by atoms with Crippen molar-refractivity contribution in [2.75, 3.05) is 27.3 Å². The molecule has 0 bridgehead atoms. The maximum absolute atomic E-state index is 12.1. The zero-order valence-corrected chi connectivity index (χ0v) is 20.9. The van der Waals surface area contributed by atoms with Gasteiger partial charge in [-0.05, 0) is 43.0 Å². The number of ether oxygens (including phenoxy) is 3. The third-order valence-corrected chi connectivity index (χ3v) is 7.05. The van der Waals surface area contributed by atoms with E-state index < -0.39 is 17.5 Å². The van der Waals surface area contributed by atoms with Crippen molar-refractivity contribution >= 4 is 23.8 Å². The second kappa shape index (κ2) is 12.8. The molecular weight excluding hydrogens is 470 g/mol. The summed E-state index contributed by atoms with van der Waals surface area (Å²) in [5, 5.41) is 0. The average Bonchev–Trinajstić information content (AvgIpc) is 2.89. The van der Waals surface area contributed by atoms with E-state index in [9.17, 15) is 9.59 Å². The molecule has 3 atom stereocenters. The molecule has 0 spiro atoms. The number of carbonyl (C=O) groups is 2. The Morgan fingerprint density at radius 2 is 1.77 bits per heavy atom. The molecule has 3 unspecified atom stereocenters. The fourth-order valence-corrected chi connectivity index (χ4v) is 4.69. The molecule has 1 fully saturated rings. The lowest BCUT2D eigenvalue weighted by molar-refractivity contribution is -0.123. The van der Waals surface area contributed by atoms with Gasteiger partial charge < -0.3 is 30.5 Å². The number of hydrogen-bond acceptors (Lipinski definition) is 7. The number of amides is 1. The number of para-hydroxylation sites is 1. The van der Waals surface area contributed by atoms with E-state index in [1.54, 1.807) is 20.3 Å². The number of halogens is 1. The first-order chi connectivity index (χ1) is 16.9. The van der Waals surface area contributed by atoms with Gasteiger partial charge in [-0.3, -0.25) is 9.69 Å². The van der Waals surface area contributed by atoms with Crippen molar-refractivity contribution in [3.63, 3.8) is 0 Å². The molecule has 9 heteroatoms. The van der Waals surface area contributed by atoms with Crippen LogP contribution in [-0.4, -0.2) is 55.9 Å². The molecule has 2 aromatic carbocycles. The molecule has 1 saturated heterocycles. The van der Waals surface area contributed by atoms with Gasteiger partial charge in [-0.25, -0.2) is 0 Å². The Bertz CT molecular complexity index is 974. The van der Waals surface area contributed by atoms with Crippen LogP contribution in [0.15, 0.2) is 42.5 Å². The quantitative estimate of drug-likeness (QED) is 0.259. The van der Waals surface area contributed by atoms with Crippen LogP contribution in [0.2, 0.25) is 0 Å². The standard InChI is InChI=1S/C26H34ClN3O5/c1-33-20-11-17(12-21(14-20)34-2)16-35-24-6-4-3-5-22(24)19(15-31)13-23(28)25(27)30-9-7-18(8-10-30)26(29)32/h3-6,11-12,14-15,18-19,23,25H,7-10,13,16,28H2,1-2H3,(H2,29,32). The van der Waals surface area contributed by atoms with Crippen molar-refractivity contribution in [3.8, 4) is 17.2 Å². The van der Waals surface area contributed by atoms with Gasteiger partial charge in [0.2, 0.25) is 5.91 Å². The summed E-state index contributed by atoms with van der Waals surface area (Å²) in [5.41, 5.74) is 13.0. The van der Waals surface area contributed by atoms with Crippen LogP contribution in [-0.2, 0) is 16.2 Å². The first kappa shape index (κ1) is 26.8. The predicted octanol–water partition coefficient (Wildman–Crippen LogP) is 3.04. The van der Waals surface area contributed by atoms with Crippen molar-refractivity contribution < 1.29 is 23.8 Å². The minimum absolute atomic E-state index is 0.123. The van der Waals surface area contributed by atoms with E-state index in [0.717, 1.165) is 17.4 Å². The van der Waals surface area contributed by atoms with Gasteiger partial charge in [0.05, 0.1) is 14.2 Å². The summed E-state index contributed by atoms with van der Waals surface area (Å²) in [6, 6.07) is 12.5. The number of aldehydes is 1. The Balaban J connectivity index is 1.67. The first-order valence-electron chi connectivity index (χ1n) is 11.7. The second-order valence-electron chi connectivity index (χ2n) is 8.77. The van der Waals surface area contributed by atoms with Crippen molar-refractivity contribution in [1.29, 1.82) is 0 Å². The minimum Gasteiger partial charge on any atom is -0.497 e. The number of benzene rings is 2. The zero-order chi connectivity index (χ0) is 25.4. The lowest BCUT2D eigenvalue weighted by Gasteiger charge is -2.36. The normalized spacial score (nSPS) is 17.3. The van der Waals surface area contributed by atoms with Gasteiger partial charge in [0.1, 0.15) is 35.6 Å². The second-order valence-corrected chi connectivity index (χ2v) is 9.22. The predicted molar refractivity (Wildman–Crippen MR) is 135 cm³/mol. The maximum atomic E-state index is 12.1. The molecule has 1 amide bonds. The average molecular weight is 504 g/mol. The smallest absolute Gasteiger partial charge is 0.220 e. The number of rotatable bonds is 12. The Labute approximate surface area is 211 Å². The molecule has 4 N–H and O–H groups in total. The van der Waals surface area contributed by atoms with Gasteiger partial charge in [-0.1, -0.05) is 18.2 Å². The number of likely N-dealkylation sites (tertiary alicyclic amines) is 1. The van der Waals surface area contributed by atoms with Gasteiger partial charge in [0.15, 0.2) is 0 Å². The number of methoxy groups -OCH3 is 2. The Morgan fingerprint density at radius 3 is 2.34 bits per heavy atom. The Morgan fingerprint density at radius 1 is 1.14 bits per heavy atom. The number of alkyl halides is 1. The molecule has 1 aliphatic rings. The summed E-state index contributed by atoms with van der Waals surface area (Å²) in [5.74, 6) is 1.06. The fraction of sp³-hybridized carbons (Fsp3) is 0.462. The van der Waals surface area contributed by atoms with Crippen LogP contribution in [0, 0.1) is 5.92 Å². The van der Waals surface area contributed by atoms with E-state index >= 15 is 0 Å². The molecule has 3 rings (SSSR count). The third kappa shape index (κ3) is 7.10. The molecule has 35 heavy (non-hydrogen) atoms. The Hall–Kier alpha value is -2.81. The van der Waals surface area contributed by atoms with Crippen LogP contribution >= 0.6 is 11.6 Å².